The summed E-state index contributed by atoms with van der Waals surface area (Å²) in [5, 5.41) is 7.15. The summed E-state index contributed by atoms with van der Waals surface area (Å²) in [4.78, 5) is 8.38. The molecule has 1 aliphatic heterocycles. The monoisotopic (exact) mass is 276 g/mol. The van der Waals surface area contributed by atoms with E-state index in [0.29, 0.717) is 17.0 Å². The number of nitrogens with zero attached hydrogens (tertiary/aromatic N) is 2. The Labute approximate surface area is 113 Å². The van der Waals surface area contributed by atoms with Gasteiger partial charge < -0.3 is 10.6 Å². The first kappa shape index (κ1) is 14.5. The highest BCUT2D eigenvalue weighted by Gasteiger charge is 2.12. The summed E-state index contributed by atoms with van der Waals surface area (Å²) in [5.74, 6) is 1.29. The molecule has 1 aliphatic rings. The molecule has 1 aromatic rings. The number of rotatable bonds is 3. The zero-order chi connectivity index (χ0) is 11.4. The van der Waals surface area contributed by atoms with E-state index in [2.05, 4.69) is 20.6 Å². The molecule has 96 valence electrons. The summed E-state index contributed by atoms with van der Waals surface area (Å²) in [7, 11) is 0. The van der Waals surface area contributed by atoms with Crippen LogP contribution in [-0.2, 0) is 0 Å². The molecule has 17 heavy (non-hydrogen) atoms. The van der Waals surface area contributed by atoms with Crippen LogP contribution in [0.2, 0.25) is 5.15 Å². The van der Waals surface area contributed by atoms with Gasteiger partial charge in [-0.3, -0.25) is 0 Å². The predicted octanol–water partition coefficient (Wildman–Crippen LogP) is 2.27. The van der Waals surface area contributed by atoms with E-state index in [4.69, 9.17) is 11.6 Å². The quantitative estimate of drug-likeness (QED) is 0.832. The summed E-state index contributed by atoms with van der Waals surface area (Å²) in [5.41, 5.74) is 0.909. The van der Waals surface area contributed by atoms with E-state index >= 15 is 0 Å². The van der Waals surface area contributed by atoms with Gasteiger partial charge in [0.2, 0.25) is 5.95 Å². The summed E-state index contributed by atoms with van der Waals surface area (Å²) in [6.07, 6.45) is 4.26. The highest BCUT2D eigenvalue weighted by atomic mass is 35.5. The van der Waals surface area contributed by atoms with Gasteiger partial charge in [0.05, 0.1) is 0 Å². The average molecular weight is 277 g/mol. The molecule has 4 nitrogen and oxygen atoms in total. The third kappa shape index (κ3) is 4.30. The number of hydrogen-bond acceptors (Lipinski definition) is 4. The lowest BCUT2D eigenvalue weighted by molar-refractivity contribution is 0.392. The Kier molecular flexibility index (Phi) is 5.95. The lowest BCUT2D eigenvalue weighted by Gasteiger charge is -2.22. The van der Waals surface area contributed by atoms with Crippen LogP contribution in [0.15, 0.2) is 6.20 Å². The molecule has 1 atom stereocenters. The second kappa shape index (κ2) is 6.99. The number of nitrogens with one attached hydrogen (secondary N) is 2. The van der Waals surface area contributed by atoms with Gasteiger partial charge in [0.25, 0.3) is 0 Å². The number of piperidine rings is 1. The molecule has 0 radical (unpaired) electrons. The molecule has 1 unspecified atom stereocenters. The molecule has 1 fully saturated rings. The molecule has 0 aliphatic carbocycles. The molecule has 0 aromatic carbocycles. The van der Waals surface area contributed by atoms with E-state index in [9.17, 15) is 0 Å². The smallest absolute Gasteiger partial charge is 0.224 e. The van der Waals surface area contributed by atoms with Crippen molar-refractivity contribution < 1.29 is 0 Å². The van der Waals surface area contributed by atoms with Crippen molar-refractivity contribution in [3.05, 3.63) is 16.9 Å². The normalized spacial score (nSPS) is 19.5. The predicted molar refractivity (Wildman–Crippen MR) is 73.1 cm³/mol. The Morgan fingerprint density at radius 3 is 3.06 bits per heavy atom. The number of aryl methyl sites for hydroxylation is 1. The van der Waals surface area contributed by atoms with Gasteiger partial charge in [-0.25, -0.2) is 9.97 Å². The zero-order valence-corrected chi connectivity index (χ0v) is 11.4. The molecular weight excluding hydrogens is 259 g/mol. The molecule has 2 heterocycles. The Hall–Kier alpha value is -0.580. The van der Waals surface area contributed by atoms with Crippen molar-refractivity contribution in [3.63, 3.8) is 0 Å². The molecule has 0 amide bonds. The molecule has 2 N–H and O–H groups in total. The largest absolute Gasteiger partial charge is 0.354 e. The van der Waals surface area contributed by atoms with Gasteiger partial charge in [0.15, 0.2) is 0 Å². The second-order valence-corrected chi connectivity index (χ2v) is 4.62. The molecule has 1 aromatic heterocycles. The van der Waals surface area contributed by atoms with Gasteiger partial charge in [-0.05, 0) is 38.8 Å². The number of anilines is 1. The first-order valence-electron chi connectivity index (χ1n) is 5.69. The van der Waals surface area contributed by atoms with Crippen LogP contribution in [0.1, 0.15) is 18.4 Å². The van der Waals surface area contributed by atoms with Gasteiger partial charge in [0, 0.05) is 18.3 Å². The van der Waals surface area contributed by atoms with Gasteiger partial charge in [0.1, 0.15) is 5.15 Å². The van der Waals surface area contributed by atoms with Crippen molar-refractivity contribution in [1.82, 2.24) is 15.3 Å². The van der Waals surface area contributed by atoms with E-state index in [0.717, 1.165) is 25.2 Å². The highest BCUT2D eigenvalue weighted by molar-refractivity contribution is 6.30. The fourth-order valence-electron chi connectivity index (χ4n) is 1.84. The van der Waals surface area contributed by atoms with Gasteiger partial charge >= 0.3 is 0 Å². The van der Waals surface area contributed by atoms with Crippen LogP contribution < -0.4 is 10.6 Å². The lowest BCUT2D eigenvalue weighted by Crippen LogP contribution is -2.33. The topological polar surface area (TPSA) is 49.8 Å². The van der Waals surface area contributed by atoms with Crippen LogP contribution in [-0.4, -0.2) is 29.6 Å². The lowest BCUT2D eigenvalue weighted by atomic mass is 10.00. The third-order valence-electron chi connectivity index (χ3n) is 2.86. The minimum atomic E-state index is 0. The first-order valence-corrected chi connectivity index (χ1v) is 6.07. The Morgan fingerprint density at radius 2 is 2.41 bits per heavy atom. The van der Waals surface area contributed by atoms with Gasteiger partial charge in [-0.15, -0.1) is 12.4 Å². The second-order valence-electron chi connectivity index (χ2n) is 4.26. The molecule has 1 saturated heterocycles. The number of hydrogen-bond donors (Lipinski definition) is 2. The minimum Gasteiger partial charge on any atom is -0.354 e. The van der Waals surface area contributed by atoms with Crippen LogP contribution in [0, 0.1) is 12.8 Å². The molecule has 0 spiro atoms. The zero-order valence-electron chi connectivity index (χ0n) is 9.87. The minimum absolute atomic E-state index is 0. The Morgan fingerprint density at radius 1 is 1.59 bits per heavy atom. The van der Waals surface area contributed by atoms with Gasteiger partial charge in [-0.2, -0.15) is 0 Å². The SMILES string of the molecule is Cc1cnc(NCC2CCCNC2)nc1Cl.Cl. The Balaban J connectivity index is 0.00000144. The summed E-state index contributed by atoms with van der Waals surface area (Å²) >= 11 is 5.93. The highest BCUT2D eigenvalue weighted by Crippen LogP contribution is 2.14. The molecule has 2 rings (SSSR count). The van der Waals surface area contributed by atoms with Crippen LogP contribution in [0.25, 0.3) is 0 Å². The molecule has 0 saturated carbocycles. The van der Waals surface area contributed by atoms with Crippen LogP contribution in [0.5, 0.6) is 0 Å². The van der Waals surface area contributed by atoms with Crippen molar-refractivity contribution in [2.24, 2.45) is 5.92 Å². The van der Waals surface area contributed by atoms with Crippen molar-refractivity contribution in [3.8, 4) is 0 Å². The van der Waals surface area contributed by atoms with E-state index < -0.39 is 0 Å². The molecule has 6 heteroatoms. The first-order chi connectivity index (χ1) is 7.75. The van der Waals surface area contributed by atoms with E-state index in [1.807, 2.05) is 6.92 Å². The fourth-order valence-corrected chi connectivity index (χ4v) is 1.97. The van der Waals surface area contributed by atoms with E-state index in [1.165, 1.54) is 12.8 Å². The fraction of sp³-hybridized carbons (Fsp3) is 0.636. The number of halogens is 2. The van der Waals surface area contributed by atoms with Crippen LogP contribution >= 0.6 is 24.0 Å². The third-order valence-corrected chi connectivity index (χ3v) is 3.24. The average Bonchev–Trinajstić information content (AvgIpc) is 2.32. The van der Waals surface area contributed by atoms with Crippen molar-refractivity contribution >= 4 is 30.0 Å². The molecule has 0 bridgehead atoms. The summed E-state index contributed by atoms with van der Waals surface area (Å²) < 4.78 is 0. The van der Waals surface area contributed by atoms with E-state index in [-0.39, 0.29) is 12.4 Å². The van der Waals surface area contributed by atoms with Crippen molar-refractivity contribution in [2.75, 3.05) is 25.0 Å². The maximum Gasteiger partial charge on any atom is 0.224 e. The van der Waals surface area contributed by atoms with Crippen molar-refractivity contribution in [2.45, 2.75) is 19.8 Å². The van der Waals surface area contributed by atoms with Crippen molar-refractivity contribution in [1.29, 1.82) is 0 Å². The van der Waals surface area contributed by atoms with E-state index in [1.54, 1.807) is 6.20 Å². The summed E-state index contributed by atoms with van der Waals surface area (Å²) in [6, 6.07) is 0. The Bertz CT molecular complexity index is 353. The standard InChI is InChI=1S/C11H17ClN4.ClH/c1-8-5-14-11(16-10(8)12)15-7-9-3-2-4-13-6-9;/h5,9,13H,2-4,6-7H2,1H3,(H,14,15,16);1H. The molecular formula is C11H18Cl2N4. The van der Waals surface area contributed by atoms with Crippen LogP contribution in [0.4, 0.5) is 5.95 Å². The van der Waals surface area contributed by atoms with Crippen LogP contribution in [0.3, 0.4) is 0 Å². The number of aromatic nitrogens is 2. The summed E-state index contributed by atoms with van der Waals surface area (Å²) in [6.45, 7) is 5.03. The maximum atomic E-state index is 5.93. The van der Waals surface area contributed by atoms with Gasteiger partial charge in [-0.1, -0.05) is 11.6 Å². The maximum absolute atomic E-state index is 5.93.